The lowest BCUT2D eigenvalue weighted by Crippen LogP contribution is -2.18. The van der Waals surface area contributed by atoms with Crippen LogP contribution in [0.1, 0.15) is 38.2 Å². The maximum atomic E-state index is 13.3. The molecule has 0 heterocycles. The molecule has 0 unspecified atom stereocenters. The summed E-state index contributed by atoms with van der Waals surface area (Å²) < 4.78 is 38.4. The minimum atomic E-state index is -4.46. The number of hydrogen-bond acceptors (Lipinski definition) is 3. The molecule has 5 nitrogen and oxygen atoms in total. The highest BCUT2D eigenvalue weighted by Gasteiger charge is 2.30. The Hall–Kier alpha value is -4.72. The molecule has 2 N–H and O–H groups in total. The number of carbonyl (C=O) groups is 3. The number of amides is 2. The summed E-state index contributed by atoms with van der Waals surface area (Å²) in [4.78, 5) is 38.7. The Morgan fingerprint density at radius 2 is 1.26 bits per heavy atom. The van der Waals surface area contributed by atoms with E-state index in [1.807, 2.05) is 31.2 Å². The van der Waals surface area contributed by atoms with Gasteiger partial charge in [-0.15, -0.1) is 0 Å². The third kappa shape index (κ3) is 7.41. The molecule has 39 heavy (non-hydrogen) atoms. The Morgan fingerprint density at radius 3 is 1.85 bits per heavy atom. The SMILES string of the molecule is Cc1ccc(CC(=O)Nc2ccc(NC(=O)Cc3ccc(C(F)(F)F)cc3)cc2C(=O)c2ccccc2)cc1. The Labute approximate surface area is 223 Å². The van der Waals surface area contributed by atoms with Crippen LogP contribution in [0.5, 0.6) is 0 Å². The Balaban J connectivity index is 1.53. The number of halogens is 3. The molecular formula is C31H25F3N2O3. The van der Waals surface area contributed by atoms with E-state index >= 15 is 0 Å². The van der Waals surface area contributed by atoms with E-state index < -0.39 is 17.6 Å². The third-order valence-corrected chi connectivity index (χ3v) is 5.99. The first-order chi connectivity index (χ1) is 18.6. The number of anilines is 2. The molecule has 8 heteroatoms. The highest BCUT2D eigenvalue weighted by molar-refractivity contribution is 6.14. The third-order valence-electron chi connectivity index (χ3n) is 5.99. The van der Waals surface area contributed by atoms with Crippen molar-refractivity contribution in [3.05, 3.63) is 130 Å². The maximum absolute atomic E-state index is 13.3. The fourth-order valence-electron chi connectivity index (χ4n) is 3.95. The van der Waals surface area contributed by atoms with E-state index in [4.69, 9.17) is 0 Å². The molecule has 4 aromatic carbocycles. The van der Waals surface area contributed by atoms with Gasteiger partial charge in [-0.2, -0.15) is 13.2 Å². The first-order valence-electron chi connectivity index (χ1n) is 12.1. The van der Waals surface area contributed by atoms with Gasteiger partial charge in [0.05, 0.1) is 24.1 Å². The zero-order valence-corrected chi connectivity index (χ0v) is 21.0. The lowest BCUT2D eigenvalue weighted by Gasteiger charge is -2.14. The van der Waals surface area contributed by atoms with Crippen LogP contribution in [0.3, 0.4) is 0 Å². The van der Waals surface area contributed by atoms with E-state index in [1.165, 1.54) is 24.3 Å². The molecule has 0 bridgehead atoms. The Bertz CT molecular complexity index is 1480. The van der Waals surface area contributed by atoms with E-state index in [9.17, 15) is 27.6 Å². The van der Waals surface area contributed by atoms with Crippen molar-refractivity contribution in [3.63, 3.8) is 0 Å². The lowest BCUT2D eigenvalue weighted by atomic mass is 10.0. The Morgan fingerprint density at radius 1 is 0.692 bits per heavy atom. The van der Waals surface area contributed by atoms with Crippen molar-refractivity contribution >= 4 is 29.0 Å². The normalized spacial score (nSPS) is 11.1. The number of nitrogens with one attached hydrogen (secondary N) is 2. The zero-order chi connectivity index (χ0) is 28.0. The van der Waals surface area contributed by atoms with Gasteiger partial charge in [0.1, 0.15) is 0 Å². The molecule has 0 aliphatic heterocycles. The van der Waals surface area contributed by atoms with Crippen LogP contribution in [0.25, 0.3) is 0 Å². The van der Waals surface area contributed by atoms with E-state index in [0.717, 1.165) is 23.3 Å². The van der Waals surface area contributed by atoms with E-state index in [0.29, 0.717) is 22.5 Å². The van der Waals surface area contributed by atoms with Crippen LogP contribution in [0, 0.1) is 6.92 Å². The highest BCUT2D eigenvalue weighted by Crippen LogP contribution is 2.29. The second kappa shape index (κ2) is 11.8. The van der Waals surface area contributed by atoms with Crippen LogP contribution in [-0.2, 0) is 28.6 Å². The molecule has 0 aliphatic rings. The van der Waals surface area contributed by atoms with Gasteiger partial charge >= 0.3 is 6.18 Å². The maximum Gasteiger partial charge on any atom is 0.416 e. The molecule has 0 aliphatic carbocycles. The molecule has 4 aromatic rings. The summed E-state index contributed by atoms with van der Waals surface area (Å²) in [5.41, 5.74) is 2.69. The highest BCUT2D eigenvalue weighted by atomic mass is 19.4. The molecule has 198 valence electrons. The van der Waals surface area contributed by atoms with Gasteiger partial charge in [0.25, 0.3) is 0 Å². The molecule has 0 fully saturated rings. The van der Waals surface area contributed by atoms with Gasteiger partial charge in [-0.1, -0.05) is 72.3 Å². The smallest absolute Gasteiger partial charge is 0.326 e. The van der Waals surface area contributed by atoms with Gasteiger partial charge in [-0.05, 0) is 48.4 Å². The van der Waals surface area contributed by atoms with Crippen LogP contribution in [0.2, 0.25) is 0 Å². The van der Waals surface area contributed by atoms with E-state index in [-0.39, 0.29) is 30.1 Å². The summed E-state index contributed by atoms with van der Waals surface area (Å²) in [6.07, 6.45) is -4.50. The van der Waals surface area contributed by atoms with E-state index in [1.54, 1.807) is 36.4 Å². The van der Waals surface area contributed by atoms with Crippen molar-refractivity contribution in [3.8, 4) is 0 Å². The minimum Gasteiger partial charge on any atom is -0.326 e. The quantitative estimate of drug-likeness (QED) is 0.252. The van der Waals surface area contributed by atoms with Crippen LogP contribution in [0.4, 0.5) is 24.5 Å². The number of benzene rings is 4. The Kier molecular flexibility index (Phi) is 8.24. The van der Waals surface area contributed by atoms with Gasteiger partial charge in [0.15, 0.2) is 5.78 Å². The fourth-order valence-corrected chi connectivity index (χ4v) is 3.95. The van der Waals surface area contributed by atoms with Crippen molar-refractivity contribution in [1.82, 2.24) is 0 Å². The molecule has 0 aromatic heterocycles. The molecule has 0 saturated carbocycles. The van der Waals surface area contributed by atoms with Gasteiger partial charge in [-0.3, -0.25) is 14.4 Å². The second-order valence-corrected chi connectivity index (χ2v) is 9.09. The fraction of sp³-hybridized carbons (Fsp3) is 0.129. The summed E-state index contributed by atoms with van der Waals surface area (Å²) in [6.45, 7) is 1.95. The van der Waals surface area contributed by atoms with Crippen LogP contribution >= 0.6 is 0 Å². The predicted octanol–water partition coefficient (Wildman–Crippen LogP) is 6.61. The number of ketones is 1. The summed E-state index contributed by atoms with van der Waals surface area (Å²) in [5, 5.41) is 5.48. The van der Waals surface area contributed by atoms with E-state index in [2.05, 4.69) is 10.6 Å². The van der Waals surface area contributed by atoms with Crippen LogP contribution < -0.4 is 10.6 Å². The summed E-state index contributed by atoms with van der Waals surface area (Å²) in [6, 6.07) is 25.0. The molecule has 0 saturated heterocycles. The van der Waals surface area contributed by atoms with Crippen LogP contribution in [0.15, 0.2) is 97.1 Å². The minimum absolute atomic E-state index is 0.116. The number of rotatable bonds is 8. The molecule has 0 spiro atoms. The monoisotopic (exact) mass is 530 g/mol. The molecular weight excluding hydrogens is 505 g/mol. The average molecular weight is 531 g/mol. The van der Waals surface area contributed by atoms with Crippen molar-refractivity contribution < 1.29 is 27.6 Å². The summed E-state index contributed by atoms with van der Waals surface area (Å²) >= 11 is 0. The molecule has 0 radical (unpaired) electrons. The molecule has 0 atom stereocenters. The van der Waals surface area contributed by atoms with Crippen LogP contribution in [-0.4, -0.2) is 17.6 Å². The predicted molar refractivity (Wildman–Crippen MR) is 144 cm³/mol. The molecule has 4 rings (SSSR count). The number of alkyl halides is 3. The van der Waals surface area contributed by atoms with Gasteiger partial charge < -0.3 is 10.6 Å². The van der Waals surface area contributed by atoms with Crippen molar-refractivity contribution in [2.24, 2.45) is 0 Å². The first kappa shape index (κ1) is 27.3. The lowest BCUT2D eigenvalue weighted by molar-refractivity contribution is -0.137. The standard InChI is InChI=1S/C31H25F3N2O3/c1-20-7-9-21(10-8-20)18-29(38)36-27-16-15-25(19-26(27)30(39)23-5-3-2-4-6-23)35-28(37)17-22-11-13-24(14-12-22)31(32,33)34/h2-16,19H,17-18H2,1H3,(H,35,37)(H,36,38). The topological polar surface area (TPSA) is 75.3 Å². The van der Waals surface area contributed by atoms with Crippen molar-refractivity contribution in [2.45, 2.75) is 25.9 Å². The van der Waals surface area contributed by atoms with Gasteiger partial charge in [0, 0.05) is 16.8 Å². The number of carbonyl (C=O) groups excluding carboxylic acids is 3. The number of hydrogen-bond donors (Lipinski definition) is 2. The van der Waals surface area contributed by atoms with Crippen molar-refractivity contribution in [1.29, 1.82) is 0 Å². The van der Waals surface area contributed by atoms with Crippen molar-refractivity contribution in [2.75, 3.05) is 10.6 Å². The largest absolute Gasteiger partial charge is 0.416 e. The zero-order valence-electron chi connectivity index (χ0n) is 21.0. The summed E-state index contributed by atoms with van der Waals surface area (Å²) in [5.74, 6) is -1.12. The van der Waals surface area contributed by atoms with Gasteiger partial charge in [0.2, 0.25) is 11.8 Å². The van der Waals surface area contributed by atoms with Gasteiger partial charge in [-0.25, -0.2) is 0 Å². The summed E-state index contributed by atoms with van der Waals surface area (Å²) in [7, 11) is 0. The first-order valence-corrected chi connectivity index (χ1v) is 12.1. The molecule has 2 amide bonds. The average Bonchev–Trinajstić information content (AvgIpc) is 2.90. The number of aryl methyl sites for hydroxylation is 1. The second-order valence-electron chi connectivity index (χ2n) is 9.09.